The molecule has 0 bridgehead atoms. The van der Waals surface area contributed by atoms with Crippen LogP contribution in [0, 0.1) is 5.82 Å². The number of benzene rings is 1. The molecule has 0 aliphatic heterocycles. The van der Waals surface area contributed by atoms with Crippen molar-refractivity contribution in [3.05, 3.63) is 35.1 Å². The topological polar surface area (TPSA) is 58.2 Å². The van der Waals surface area contributed by atoms with Gasteiger partial charge in [-0.25, -0.2) is 4.39 Å². The second-order valence-corrected chi connectivity index (χ2v) is 4.25. The molecular weight excluding hydrogens is 292 g/mol. The molecule has 1 rings (SSSR count). The van der Waals surface area contributed by atoms with Crippen molar-refractivity contribution in [2.24, 2.45) is 0 Å². The maximum absolute atomic E-state index is 13.7. The van der Waals surface area contributed by atoms with Crippen LogP contribution >= 0.6 is 0 Å². The maximum Gasteiger partial charge on any atom is 0.419 e. The summed E-state index contributed by atoms with van der Waals surface area (Å²) >= 11 is 0. The Bertz CT molecular complexity index is 543. The van der Waals surface area contributed by atoms with E-state index < -0.39 is 41.0 Å². The van der Waals surface area contributed by atoms with Gasteiger partial charge in [0.05, 0.1) is 11.1 Å². The SMILES string of the molecule is CCNC(=O)C(C)NC(=O)c1cccc(C(F)(F)F)c1F. The molecule has 1 unspecified atom stereocenters. The third kappa shape index (κ3) is 4.17. The van der Waals surface area contributed by atoms with Crippen molar-refractivity contribution < 1.29 is 27.2 Å². The number of carbonyl (C=O) groups excluding carboxylic acids is 2. The van der Waals surface area contributed by atoms with Crippen molar-refractivity contribution in [2.45, 2.75) is 26.1 Å². The number of likely N-dealkylation sites (N-methyl/N-ethyl adjacent to an activating group) is 1. The average Bonchev–Trinajstić information content (AvgIpc) is 2.37. The molecule has 0 heterocycles. The van der Waals surface area contributed by atoms with Gasteiger partial charge in [-0.15, -0.1) is 0 Å². The van der Waals surface area contributed by atoms with Gasteiger partial charge in [0.25, 0.3) is 5.91 Å². The Balaban J connectivity index is 2.96. The molecule has 2 amide bonds. The van der Waals surface area contributed by atoms with Gasteiger partial charge in [-0.2, -0.15) is 13.2 Å². The van der Waals surface area contributed by atoms with Crippen LogP contribution in [0.3, 0.4) is 0 Å². The van der Waals surface area contributed by atoms with E-state index in [-0.39, 0.29) is 0 Å². The highest BCUT2D eigenvalue weighted by atomic mass is 19.4. The largest absolute Gasteiger partial charge is 0.419 e. The third-order valence-corrected chi connectivity index (χ3v) is 2.64. The summed E-state index contributed by atoms with van der Waals surface area (Å²) in [7, 11) is 0. The van der Waals surface area contributed by atoms with Gasteiger partial charge < -0.3 is 10.6 Å². The number of alkyl halides is 3. The number of rotatable bonds is 4. The third-order valence-electron chi connectivity index (χ3n) is 2.64. The van der Waals surface area contributed by atoms with E-state index in [0.717, 1.165) is 12.1 Å². The zero-order chi connectivity index (χ0) is 16.2. The van der Waals surface area contributed by atoms with Crippen LogP contribution < -0.4 is 10.6 Å². The summed E-state index contributed by atoms with van der Waals surface area (Å²) in [5.41, 5.74) is -2.29. The first-order chi connectivity index (χ1) is 9.68. The predicted octanol–water partition coefficient (Wildman–Crippen LogP) is 2.10. The molecule has 1 aromatic rings. The molecule has 0 aliphatic carbocycles. The van der Waals surface area contributed by atoms with Gasteiger partial charge in [0.2, 0.25) is 5.91 Å². The van der Waals surface area contributed by atoms with Crippen LogP contribution in [-0.4, -0.2) is 24.4 Å². The fourth-order valence-electron chi connectivity index (χ4n) is 1.59. The number of halogens is 4. The maximum atomic E-state index is 13.7. The van der Waals surface area contributed by atoms with Gasteiger partial charge in [-0.05, 0) is 26.0 Å². The van der Waals surface area contributed by atoms with E-state index in [1.165, 1.54) is 6.92 Å². The molecule has 1 aromatic carbocycles. The van der Waals surface area contributed by atoms with Crippen molar-refractivity contribution in [1.29, 1.82) is 0 Å². The van der Waals surface area contributed by atoms with Gasteiger partial charge in [-0.3, -0.25) is 9.59 Å². The molecule has 0 saturated carbocycles. The van der Waals surface area contributed by atoms with E-state index in [2.05, 4.69) is 10.6 Å². The van der Waals surface area contributed by atoms with Gasteiger partial charge in [0.15, 0.2) is 0 Å². The fraction of sp³-hybridized carbons (Fsp3) is 0.385. The Labute approximate surface area is 118 Å². The minimum absolute atomic E-state index is 0.330. The molecule has 0 saturated heterocycles. The summed E-state index contributed by atoms with van der Waals surface area (Å²) in [5.74, 6) is -3.26. The van der Waals surface area contributed by atoms with E-state index in [4.69, 9.17) is 0 Å². The predicted molar refractivity (Wildman–Crippen MR) is 67.0 cm³/mol. The van der Waals surface area contributed by atoms with Crippen LogP contribution in [0.2, 0.25) is 0 Å². The zero-order valence-corrected chi connectivity index (χ0v) is 11.3. The first-order valence-corrected chi connectivity index (χ1v) is 6.12. The van der Waals surface area contributed by atoms with Crippen molar-refractivity contribution in [1.82, 2.24) is 10.6 Å². The molecule has 116 valence electrons. The lowest BCUT2D eigenvalue weighted by atomic mass is 10.1. The Hall–Kier alpha value is -2.12. The molecule has 0 fully saturated rings. The normalized spacial score (nSPS) is 12.7. The van der Waals surface area contributed by atoms with Gasteiger partial charge in [-0.1, -0.05) is 6.07 Å². The van der Waals surface area contributed by atoms with Gasteiger partial charge >= 0.3 is 6.18 Å². The molecule has 21 heavy (non-hydrogen) atoms. The Morgan fingerprint density at radius 2 is 1.90 bits per heavy atom. The molecule has 0 spiro atoms. The van der Waals surface area contributed by atoms with E-state index in [0.29, 0.717) is 12.6 Å². The summed E-state index contributed by atoms with van der Waals surface area (Å²) in [6.45, 7) is 3.34. The summed E-state index contributed by atoms with van der Waals surface area (Å²) in [6.07, 6.45) is -4.90. The molecule has 2 N–H and O–H groups in total. The molecule has 0 aliphatic rings. The molecular formula is C13H14F4N2O2. The number of hydrogen-bond acceptors (Lipinski definition) is 2. The minimum Gasteiger partial charge on any atom is -0.355 e. The highest BCUT2D eigenvalue weighted by Gasteiger charge is 2.35. The van der Waals surface area contributed by atoms with Crippen molar-refractivity contribution in [3.63, 3.8) is 0 Å². The van der Waals surface area contributed by atoms with E-state index in [1.54, 1.807) is 6.92 Å². The Morgan fingerprint density at radius 3 is 2.43 bits per heavy atom. The first-order valence-electron chi connectivity index (χ1n) is 6.12. The van der Waals surface area contributed by atoms with Crippen LogP contribution in [0.15, 0.2) is 18.2 Å². The average molecular weight is 306 g/mol. The number of amides is 2. The number of hydrogen-bond donors (Lipinski definition) is 2. The Kier molecular flexibility index (Phi) is 5.28. The van der Waals surface area contributed by atoms with Gasteiger partial charge in [0, 0.05) is 6.54 Å². The highest BCUT2D eigenvalue weighted by molar-refractivity contribution is 5.97. The van der Waals surface area contributed by atoms with Crippen LogP contribution in [0.4, 0.5) is 17.6 Å². The van der Waals surface area contributed by atoms with Crippen LogP contribution in [0.5, 0.6) is 0 Å². The summed E-state index contributed by atoms with van der Waals surface area (Å²) in [5, 5.41) is 4.57. The highest BCUT2D eigenvalue weighted by Crippen LogP contribution is 2.32. The smallest absolute Gasteiger partial charge is 0.355 e. The zero-order valence-electron chi connectivity index (χ0n) is 11.3. The summed E-state index contributed by atoms with van der Waals surface area (Å²) in [6, 6.07) is 1.40. The summed E-state index contributed by atoms with van der Waals surface area (Å²) < 4.78 is 51.4. The number of nitrogens with one attached hydrogen (secondary N) is 2. The molecule has 4 nitrogen and oxygen atoms in total. The summed E-state index contributed by atoms with van der Waals surface area (Å²) in [4.78, 5) is 23.2. The fourth-order valence-corrected chi connectivity index (χ4v) is 1.59. The first kappa shape index (κ1) is 16.9. The monoisotopic (exact) mass is 306 g/mol. The minimum atomic E-state index is -4.90. The lowest BCUT2D eigenvalue weighted by Gasteiger charge is -2.15. The van der Waals surface area contributed by atoms with Crippen molar-refractivity contribution >= 4 is 11.8 Å². The molecule has 1 atom stereocenters. The molecule has 0 aromatic heterocycles. The Morgan fingerprint density at radius 1 is 1.29 bits per heavy atom. The molecule has 0 radical (unpaired) electrons. The van der Waals surface area contributed by atoms with Gasteiger partial charge in [0.1, 0.15) is 11.9 Å². The van der Waals surface area contributed by atoms with E-state index >= 15 is 0 Å². The van der Waals surface area contributed by atoms with Crippen LogP contribution in [-0.2, 0) is 11.0 Å². The van der Waals surface area contributed by atoms with Crippen molar-refractivity contribution in [2.75, 3.05) is 6.54 Å². The lowest BCUT2D eigenvalue weighted by molar-refractivity contribution is -0.140. The second kappa shape index (κ2) is 6.55. The van der Waals surface area contributed by atoms with E-state index in [1.807, 2.05) is 0 Å². The lowest BCUT2D eigenvalue weighted by Crippen LogP contribution is -2.45. The van der Waals surface area contributed by atoms with Crippen molar-refractivity contribution in [3.8, 4) is 0 Å². The number of carbonyl (C=O) groups is 2. The second-order valence-electron chi connectivity index (χ2n) is 4.25. The van der Waals surface area contributed by atoms with Crippen LogP contribution in [0.1, 0.15) is 29.8 Å². The quantitative estimate of drug-likeness (QED) is 0.837. The molecule has 8 heteroatoms. The van der Waals surface area contributed by atoms with Crippen LogP contribution in [0.25, 0.3) is 0 Å². The van der Waals surface area contributed by atoms with E-state index in [9.17, 15) is 27.2 Å². The standard InChI is InChI=1S/C13H14F4N2O2/c1-3-18-11(20)7(2)19-12(21)8-5-4-6-9(10(8)14)13(15,16)17/h4-7H,3H2,1-2H3,(H,18,20)(H,19,21).